The molecule has 0 saturated heterocycles. The number of hydrogen-bond donors (Lipinski definition) is 2. The minimum absolute atomic E-state index is 0.187. The fourth-order valence-electron chi connectivity index (χ4n) is 1.08. The SMILES string of the molecule is CC(C)(C)CC(CO[N+](=O)O)O[N+](=O)O. The fraction of sp³-hybridized carbons (Fsp3) is 1.00. The van der Waals surface area contributed by atoms with Crippen molar-refractivity contribution in [2.24, 2.45) is 5.41 Å². The average Bonchev–Trinajstić information content (AvgIpc) is 1.95. The molecule has 0 aliphatic carbocycles. The predicted molar refractivity (Wildman–Crippen MR) is 45.7 cm³/mol. The quantitative estimate of drug-likeness (QED) is 0.653. The maximum absolute atomic E-state index is 10.2. The van der Waals surface area contributed by atoms with Crippen molar-refractivity contribution in [3.05, 3.63) is 9.81 Å². The van der Waals surface area contributed by atoms with Gasteiger partial charge in [-0.1, -0.05) is 20.8 Å². The van der Waals surface area contributed by atoms with Crippen molar-refractivity contribution in [1.29, 1.82) is 0 Å². The van der Waals surface area contributed by atoms with Gasteiger partial charge in [-0.3, -0.25) is 0 Å². The van der Waals surface area contributed by atoms with Crippen molar-refractivity contribution >= 4 is 0 Å². The highest BCUT2D eigenvalue weighted by atomic mass is 17.0. The molecule has 0 spiro atoms. The number of nitrogens with zero attached hydrogens (tertiary/aromatic N) is 2. The van der Waals surface area contributed by atoms with Crippen LogP contribution >= 0.6 is 0 Å². The van der Waals surface area contributed by atoms with Crippen molar-refractivity contribution in [3.63, 3.8) is 0 Å². The van der Waals surface area contributed by atoms with Gasteiger partial charge in [-0.05, 0) is 5.41 Å². The van der Waals surface area contributed by atoms with E-state index >= 15 is 0 Å². The molecule has 88 valence electrons. The van der Waals surface area contributed by atoms with Gasteiger partial charge in [-0.2, -0.15) is 9.68 Å². The van der Waals surface area contributed by atoms with Gasteiger partial charge in [0.15, 0.2) is 0 Å². The van der Waals surface area contributed by atoms with E-state index in [2.05, 4.69) is 9.68 Å². The van der Waals surface area contributed by atoms with Gasteiger partial charge < -0.3 is 0 Å². The van der Waals surface area contributed by atoms with Crippen molar-refractivity contribution in [3.8, 4) is 0 Å². The second-order valence-electron chi connectivity index (χ2n) is 4.26. The maximum atomic E-state index is 10.2. The van der Waals surface area contributed by atoms with Gasteiger partial charge in [0.25, 0.3) is 0 Å². The van der Waals surface area contributed by atoms with E-state index < -0.39 is 16.3 Å². The van der Waals surface area contributed by atoms with Crippen molar-refractivity contribution in [2.75, 3.05) is 6.61 Å². The van der Waals surface area contributed by atoms with E-state index in [4.69, 9.17) is 10.4 Å². The van der Waals surface area contributed by atoms with Crippen molar-refractivity contribution < 1.29 is 30.3 Å². The second kappa shape index (κ2) is 5.32. The topological polar surface area (TPSA) is 99.1 Å². The van der Waals surface area contributed by atoms with Gasteiger partial charge in [-0.15, -0.1) is 0 Å². The van der Waals surface area contributed by atoms with Gasteiger partial charge >= 0.3 is 10.2 Å². The zero-order valence-corrected chi connectivity index (χ0v) is 8.91. The van der Waals surface area contributed by atoms with Crippen LogP contribution in [0.1, 0.15) is 27.2 Å². The minimum Gasteiger partial charge on any atom is -0.200 e. The standard InChI is InChI=1S/C7H16N2O6/c1-7(2,3)4-6(15-9(12)13)5-14-8(10)11/h6H,4-5H2,1-3H3,(H,10,11)(H,12,13)/q+2. The zero-order valence-electron chi connectivity index (χ0n) is 8.91. The summed E-state index contributed by atoms with van der Waals surface area (Å²) >= 11 is 0. The largest absolute Gasteiger partial charge is 0.475 e. The first-order valence-electron chi connectivity index (χ1n) is 4.32. The highest BCUT2D eigenvalue weighted by Crippen LogP contribution is 2.22. The first kappa shape index (κ1) is 13.4. The van der Waals surface area contributed by atoms with Crippen LogP contribution in [0.4, 0.5) is 0 Å². The van der Waals surface area contributed by atoms with E-state index in [-0.39, 0.29) is 12.0 Å². The molecule has 0 rings (SSSR count). The first-order chi connectivity index (χ1) is 6.70. The number of rotatable bonds is 6. The van der Waals surface area contributed by atoms with Gasteiger partial charge in [0.05, 0.1) is 0 Å². The second-order valence-corrected chi connectivity index (χ2v) is 4.26. The zero-order chi connectivity index (χ0) is 12.1. The van der Waals surface area contributed by atoms with Crippen LogP contribution in [0.2, 0.25) is 0 Å². The summed E-state index contributed by atoms with van der Waals surface area (Å²) in [5.74, 6) is 0. The molecular formula is C7H16N2O6+2. The fourth-order valence-corrected chi connectivity index (χ4v) is 1.08. The summed E-state index contributed by atoms with van der Waals surface area (Å²) in [6, 6.07) is 0. The van der Waals surface area contributed by atoms with E-state index in [1.165, 1.54) is 0 Å². The molecule has 0 aliphatic heterocycles. The third-order valence-corrected chi connectivity index (χ3v) is 1.45. The molecule has 0 aliphatic rings. The molecular weight excluding hydrogens is 208 g/mol. The number of hydrogen-bond acceptors (Lipinski definition) is 4. The van der Waals surface area contributed by atoms with Crippen LogP contribution in [-0.2, 0) is 9.68 Å². The highest BCUT2D eigenvalue weighted by molar-refractivity contribution is 4.67. The Labute approximate surface area is 86.4 Å². The third kappa shape index (κ3) is 8.72. The summed E-state index contributed by atoms with van der Waals surface area (Å²) in [6.07, 6.45) is -0.462. The Morgan fingerprint density at radius 2 is 1.73 bits per heavy atom. The molecule has 0 aromatic carbocycles. The lowest BCUT2D eigenvalue weighted by Gasteiger charge is -2.19. The van der Waals surface area contributed by atoms with E-state index in [0.29, 0.717) is 6.42 Å². The molecule has 1 unspecified atom stereocenters. The highest BCUT2D eigenvalue weighted by Gasteiger charge is 2.29. The van der Waals surface area contributed by atoms with Crippen LogP contribution < -0.4 is 0 Å². The average molecular weight is 224 g/mol. The van der Waals surface area contributed by atoms with Crippen LogP contribution in [0, 0.1) is 15.2 Å². The van der Waals surface area contributed by atoms with E-state index in [1.54, 1.807) is 0 Å². The van der Waals surface area contributed by atoms with Crippen LogP contribution in [-0.4, -0.2) is 33.3 Å². The molecule has 0 fully saturated rings. The molecule has 8 heteroatoms. The smallest absolute Gasteiger partial charge is 0.200 e. The van der Waals surface area contributed by atoms with Crippen molar-refractivity contribution in [2.45, 2.75) is 33.3 Å². The minimum atomic E-state index is -0.823. The first-order valence-corrected chi connectivity index (χ1v) is 4.32. The lowest BCUT2D eigenvalue weighted by molar-refractivity contribution is -0.995. The predicted octanol–water partition coefficient (Wildman–Crippen LogP) is 0.991. The van der Waals surface area contributed by atoms with Gasteiger partial charge in [0.1, 0.15) is 9.81 Å². The molecule has 0 aromatic heterocycles. The summed E-state index contributed by atoms with van der Waals surface area (Å²) in [7, 11) is 0. The molecule has 0 radical (unpaired) electrons. The van der Waals surface area contributed by atoms with E-state index in [1.807, 2.05) is 20.8 Å². The molecule has 2 N–H and O–H groups in total. The molecule has 8 nitrogen and oxygen atoms in total. The Bertz CT molecular complexity index is 236. The van der Waals surface area contributed by atoms with Gasteiger partial charge in [0, 0.05) is 6.42 Å². The molecule has 15 heavy (non-hydrogen) atoms. The summed E-state index contributed by atoms with van der Waals surface area (Å²) in [4.78, 5) is 28.9. The van der Waals surface area contributed by atoms with Crippen LogP contribution in [0.15, 0.2) is 0 Å². The Morgan fingerprint density at radius 3 is 2.07 bits per heavy atom. The van der Waals surface area contributed by atoms with Gasteiger partial charge in [0.2, 0.25) is 12.7 Å². The molecule has 0 bridgehead atoms. The van der Waals surface area contributed by atoms with E-state index in [9.17, 15) is 9.81 Å². The van der Waals surface area contributed by atoms with Crippen LogP contribution in [0.3, 0.4) is 0 Å². The Balaban J connectivity index is 4.18. The molecule has 1 atom stereocenters. The maximum Gasteiger partial charge on any atom is 0.475 e. The summed E-state index contributed by atoms with van der Waals surface area (Å²) < 4.78 is 0. The third-order valence-electron chi connectivity index (χ3n) is 1.45. The summed E-state index contributed by atoms with van der Waals surface area (Å²) in [6.45, 7) is 5.30. The Morgan fingerprint density at radius 1 is 1.20 bits per heavy atom. The molecule has 0 amide bonds. The molecule has 0 heterocycles. The van der Waals surface area contributed by atoms with Crippen molar-refractivity contribution in [1.82, 2.24) is 0 Å². The Kier molecular flexibility index (Phi) is 4.75. The summed E-state index contributed by atoms with van der Waals surface area (Å²) in [5, 5.41) is 15.1. The summed E-state index contributed by atoms with van der Waals surface area (Å²) in [5.41, 5.74) is -0.187. The molecule has 0 saturated carbocycles. The lowest BCUT2D eigenvalue weighted by Crippen LogP contribution is -2.29. The van der Waals surface area contributed by atoms with Crippen LogP contribution in [0.25, 0.3) is 0 Å². The monoisotopic (exact) mass is 224 g/mol. The van der Waals surface area contributed by atoms with Crippen LogP contribution in [0.5, 0.6) is 0 Å². The molecule has 0 aromatic rings. The normalized spacial score (nSPS) is 13.0. The Hall–Kier alpha value is -1.60. The van der Waals surface area contributed by atoms with E-state index in [0.717, 1.165) is 0 Å². The lowest BCUT2D eigenvalue weighted by atomic mass is 9.89. The van der Waals surface area contributed by atoms with Gasteiger partial charge in [-0.25, -0.2) is 10.4 Å².